The van der Waals surface area contributed by atoms with E-state index in [0.29, 0.717) is 15.9 Å². The third-order valence-electron chi connectivity index (χ3n) is 5.40. The van der Waals surface area contributed by atoms with Gasteiger partial charge in [0.2, 0.25) is 0 Å². The summed E-state index contributed by atoms with van der Waals surface area (Å²) >= 11 is 3.30. The van der Waals surface area contributed by atoms with Gasteiger partial charge in [-0.15, -0.1) is 0 Å². The van der Waals surface area contributed by atoms with Gasteiger partial charge in [0.25, 0.3) is 16.4 Å². The minimum absolute atomic E-state index is 0.0292. The summed E-state index contributed by atoms with van der Waals surface area (Å²) < 4.78 is 61.1. The molecule has 1 aliphatic heterocycles. The Kier molecular flexibility index (Phi) is 5.76. The number of fused-ring (bicyclic) bond motifs is 1. The maximum absolute atomic E-state index is 13.6. The summed E-state index contributed by atoms with van der Waals surface area (Å²) in [6.45, 7) is 1.63. The Labute approximate surface area is 182 Å². The Morgan fingerprint density at radius 2 is 1.80 bits per heavy atom. The summed E-state index contributed by atoms with van der Waals surface area (Å²) in [5.74, 6) is 0.587. The van der Waals surface area contributed by atoms with Crippen molar-refractivity contribution in [3.8, 4) is 5.75 Å². The Balaban J connectivity index is 1.87. The molecule has 30 heavy (non-hydrogen) atoms. The number of aromatic nitrogens is 1. The van der Waals surface area contributed by atoms with Crippen molar-refractivity contribution in [2.45, 2.75) is 30.6 Å². The number of rotatable bonds is 5. The molecule has 3 aromatic rings. The molecule has 0 radical (unpaired) electrons. The third-order valence-corrected chi connectivity index (χ3v) is 7.57. The van der Waals surface area contributed by atoms with Crippen LogP contribution in [0.4, 0.5) is 14.5 Å². The lowest BCUT2D eigenvalue weighted by atomic mass is 10.1. The summed E-state index contributed by atoms with van der Waals surface area (Å²) in [5.41, 5.74) is 0.589. The van der Waals surface area contributed by atoms with E-state index in [2.05, 4.69) is 20.8 Å². The number of nitrogens with zero attached hydrogens (tertiary/aromatic N) is 2. The van der Waals surface area contributed by atoms with Crippen LogP contribution in [0, 0.1) is 0 Å². The summed E-state index contributed by atoms with van der Waals surface area (Å²) in [4.78, 5) is 2.14. The summed E-state index contributed by atoms with van der Waals surface area (Å²) in [5, 5.41) is 0.210. The van der Waals surface area contributed by atoms with Crippen LogP contribution in [0.5, 0.6) is 5.75 Å². The fourth-order valence-corrected chi connectivity index (χ4v) is 5.63. The van der Waals surface area contributed by atoms with Crippen LogP contribution in [0.1, 0.15) is 31.3 Å². The lowest BCUT2D eigenvalue weighted by Crippen LogP contribution is -2.30. The number of alkyl halides is 2. The molecule has 5 nitrogen and oxygen atoms in total. The molecule has 1 aromatic heterocycles. The van der Waals surface area contributed by atoms with Gasteiger partial charge >= 0.3 is 0 Å². The molecule has 0 atom stereocenters. The molecule has 4 rings (SSSR count). The molecule has 9 heteroatoms. The van der Waals surface area contributed by atoms with Crippen molar-refractivity contribution in [1.82, 2.24) is 3.97 Å². The summed E-state index contributed by atoms with van der Waals surface area (Å²) in [7, 11) is -2.56. The minimum atomic E-state index is -4.10. The molecule has 0 aliphatic carbocycles. The van der Waals surface area contributed by atoms with E-state index in [9.17, 15) is 17.2 Å². The summed E-state index contributed by atoms with van der Waals surface area (Å²) in [6.07, 6.45) is 1.41. The van der Waals surface area contributed by atoms with Crippen LogP contribution >= 0.6 is 15.9 Å². The van der Waals surface area contributed by atoms with Gasteiger partial charge in [0.05, 0.1) is 23.2 Å². The lowest BCUT2D eigenvalue weighted by molar-refractivity contribution is 0.153. The number of benzene rings is 2. The molecule has 1 saturated heterocycles. The van der Waals surface area contributed by atoms with E-state index in [1.807, 2.05) is 0 Å². The first-order valence-corrected chi connectivity index (χ1v) is 11.8. The lowest BCUT2D eigenvalue weighted by Gasteiger charge is -2.30. The average molecular weight is 499 g/mol. The van der Waals surface area contributed by atoms with Gasteiger partial charge in [0.15, 0.2) is 0 Å². The maximum atomic E-state index is 13.6. The van der Waals surface area contributed by atoms with E-state index in [1.165, 1.54) is 18.2 Å². The predicted octanol–water partition coefficient (Wildman–Crippen LogP) is 5.58. The molecule has 0 N–H and O–H groups in total. The van der Waals surface area contributed by atoms with Crippen LogP contribution in [-0.4, -0.2) is 32.6 Å². The standard InChI is InChI=1S/C21H21BrF2N2O3S/c1-29-20-8-6-15(12-19(20)25-9-3-2-4-10-25)30(27,28)26-13-17(21(23)24)16-7-5-14(22)11-18(16)26/h5-8,11-13,21H,2-4,9-10H2,1H3. The van der Waals surface area contributed by atoms with Gasteiger partial charge in [-0.05, 0) is 49.6 Å². The van der Waals surface area contributed by atoms with E-state index in [-0.39, 0.29) is 21.4 Å². The zero-order valence-corrected chi connectivity index (χ0v) is 18.7. The fraction of sp³-hybridized carbons (Fsp3) is 0.333. The van der Waals surface area contributed by atoms with Gasteiger partial charge in [0.1, 0.15) is 5.75 Å². The number of ether oxygens (including phenoxy) is 1. The normalized spacial score (nSPS) is 15.2. The number of piperidine rings is 1. The number of halogens is 3. The van der Waals surface area contributed by atoms with E-state index >= 15 is 0 Å². The highest BCUT2D eigenvalue weighted by Gasteiger charge is 2.26. The molecule has 0 bridgehead atoms. The SMILES string of the molecule is COc1ccc(S(=O)(=O)n2cc(C(F)F)c3ccc(Br)cc32)cc1N1CCCCC1. The molecule has 1 aliphatic rings. The van der Waals surface area contributed by atoms with Crippen LogP contribution < -0.4 is 9.64 Å². The Morgan fingerprint density at radius 1 is 1.07 bits per heavy atom. The van der Waals surface area contributed by atoms with Gasteiger partial charge in [-0.3, -0.25) is 0 Å². The second kappa shape index (κ2) is 8.19. The highest BCUT2D eigenvalue weighted by Crippen LogP contribution is 2.36. The number of anilines is 1. The smallest absolute Gasteiger partial charge is 0.268 e. The Bertz CT molecular complexity index is 1190. The molecular weight excluding hydrogens is 478 g/mol. The molecule has 0 unspecified atom stereocenters. The maximum Gasteiger partial charge on any atom is 0.268 e. The number of hydrogen-bond donors (Lipinski definition) is 0. The largest absolute Gasteiger partial charge is 0.495 e. The first-order chi connectivity index (χ1) is 14.3. The van der Waals surface area contributed by atoms with Crippen LogP contribution in [0.2, 0.25) is 0 Å². The average Bonchev–Trinajstić information content (AvgIpc) is 3.13. The quantitative estimate of drug-likeness (QED) is 0.460. The first-order valence-electron chi connectivity index (χ1n) is 9.60. The molecule has 160 valence electrons. The highest BCUT2D eigenvalue weighted by molar-refractivity contribution is 9.10. The van der Waals surface area contributed by atoms with Crippen LogP contribution in [0.15, 0.2) is 52.0 Å². The van der Waals surface area contributed by atoms with Crippen molar-refractivity contribution in [3.05, 3.63) is 52.6 Å². The second-order valence-electron chi connectivity index (χ2n) is 7.23. The van der Waals surface area contributed by atoms with Gasteiger partial charge < -0.3 is 9.64 Å². The minimum Gasteiger partial charge on any atom is -0.495 e. The molecule has 2 heterocycles. The summed E-state index contributed by atoms with van der Waals surface area (Å²) in [6, 6.07) is 9.30. The zero-order valence-electron chi connectivity index (χ0n) is 16.3. The van der Waals surface area contributed by atoms with Crippen molar-refractivity contribution in [3.63, 3.8) is 0 Å². The Morgan fingerprint density at radius 3 is 2.47 bits per heavy atom. The fourth-order valence-electron chi connectivity index (χ4n) is 3.90. The number of methoxy groups -OCH3 is 1. The van der Waals surface area contributed by atoms with Crippen LogP contribution in [-0.2, 0) is 10.0 Å². The molecule has 0 spiro atoms. The van der Waals surface area contributed by atoms with E-state index in [1.54, 1.807) is 25.3 Å². The van der Waals surface area contributed by atoms with E-state index in [4.69, 9.17) is 4.74 Å². The van der Waals surface area contributed by atoms with Crippen LogP contribution in [0.25, 0.3) is 10.9 Å². The van der Waals surface area contributed by atoms with Crippen molar-refractivity contribution in [2.75, 3.05) is 25.1 Å². The van der Waals surface area contributed by atoms with Crippen molar-refractivity contribution in [1.29, 1.82) is 0 Å². The van der Waals surface area contributed by atoms with Crippen molar-refractivity contribution < 1.29 is 21.9 Å². The Hall–Kier alpha value is -2.13. The van der Waals surface area contributed by atoms with Gasteiger partial charge in [0, 0.05) is 34.7 Å². The van der Waals surface area contributed by atoms with Crippen molar-refractivity contribution >= 4 is 42.5 Å². The molecule has 0 saturated carbocycles. The monoisotopic (exact) mass is 498 g/mol. The second-order valence-corrected chi connectivity index (χ2v) is 9.96. The molecular formula is C21H21BrF2N2O3S. The third kappa shape index (κ3) is 3.69. The first kappa shape index (κ1) is 21.1. The topological polar surface area (TPSA) is 51.5 Å². The van der Waals surface area contributed by atoms with Gasteiger partial charge in [-0.2, -0.15) is 0 Å². The molecule has 1 fully saturated rings. The highest BCUT2D eigenvalue weighted by atomic mass is 79.9. The predicted molar refractivity (Wildman–Crippen MR) is 116 cm³/mol. The van der Waals surface area contributed by atoms with Gasteiger partial charge in [-0.25, -0.2) is 21.2 Å². The van der Waals surface area contributed by atoms with E-state index < -0.39 is 16.4 Å². The van der Waals surface area contributed by atoms with Crippen LogP contribution in [0.3, 0.4) is 0 Å². The van der Waals surface area contributed by atoms with Crippen molar-refractivity contribution in [2.24, 2.45) is 0 Å². The zero-order chi connectivity index (χ0) is 21.5. The van der Waals surface area contributed by atoms with Gasteiger partial charge in [-0.1, -0.05) is 22.0 Å². The van der Waals surface area contributed by atoms with E-state index in [0.717, 1.165) is 42.5 Å². The molecule has 2 aromatic carbocycles. The molecule has 0 amide bonds. The number of hydrogen-bond acceptors (Lipinski definition) is 4.